The summed E-state index contributed by atoms with van der Waals surface area (Å²) in [5.41, 5.74) is 4.19. The van der Waals surface area contributed by atoms with Crippen molar-refractivity contribution in [3.05, 3.63) is 65.5 Å². The first-order chi connectivity index (χ1) is 19.1. The maximum Gasteiger partial charge on any atom is 0.573 e. The average molecular weight is 674 g/mol. The fourth-order valence-electron chi connectivity index (χ4n) is 3.59. The Bertz CT molecular complexity index is 1310. The maximum atomic E-state index is 14.6. The molecule has 1 atom stereocenters. The molecule has 1 aliphatic heterocycles. The number of benzene rings is 2. The van der Waals surface area contributed by atoms with Crippen LogP contribution in [0, 0.1) is 0 Å². The van der Waals surface area contributed by atoms with Gasteiger partial charge in [0, 0.05) is 25.9 Å². The van der Waals surface area contributed by atoms with Gasteiger partial charge in [0.1, 0.15) is 17.3 Å². The number of nitrogens with one attached hydrogen (secondary N) is 1. The fourth-order valence-corrected chi connectivity index (χ4v) is 4.53. The molecule has 0 bridgehead atoms. The van der Waals surface area contributed by atoms with Crippen molar-refractivity contribution >= 4 is 43.4 Å². The number of morpholine rings is 1. The Hall–Kier alpha value is -3.40. The van der Waals surface area contributed by atoms with E-state index in [1.165, 1.54) is 30.5 Å². The maximum absolute atomic E-state index is 14.6. The summed E-state index contributed by atoms with van der Waals surface area (Å²) in [6, 6.07) is 12.3. The minimum Gasteiger partial charge on any atom is -0.450 e. The van der Waals surface area contributed by atoms with E-state index in [0.29, 0.717) is 55.8 Å². The minimum absolute atomic E-state index is 0.198. The molecule has 214 valence electrons. The van der Waals surface area contributed by atoms with Crippen LogP contribution < -0.4 is 19.8 Å². The zero-order chi connectivity index (χ0) is 28.6. The smallest absolute Gasteiger partial charge is 0.450 e. The molecular weight excluding hydrogens is 647 g/mol. The van der Waals surface area contributed by atoms with Crippen molar-refractivity contribution in [1.29, 1.82) is 0 Å². The predicted octanol–water partition coefficient (Wildman–Crippen LogP) is 5.46. The summed E-state index contributed by atoms with van der Waals surface area (Å²) < 4.78 is 68.5. The van der Waals surface area contributed by atoms with E-state index in [4.69, 9.17) is 9.47 Å². The summed E-state index contributed by atoms with van der Waals surface area (Å²) in [6.07, 6.45) is -2.74. The Morgan fingerprint density at radius 2 is 1.65 bits per heavy atom. The van der Waals surface area contributed by atoms with E-state index in [9.17, 15) is 17.6 Å². The van der Waals surface area contributed by atoms with Crippen molar-refractivity contribution in [2.75, 3.05) is 36.6 Å². The molecule has 2 aromatic carbocycles. The van der Waals surface area contributed by atoms with E-state index in [1.54, 1.807) is 19.1 Å². The van der Waals surface area contributed by atoms with Gasteiger partial charge in [-0.25, -0.2) is 5.43 Å². The first-order valence-electron chi connectivity index (χ1n) is 12.2. The molecule has 1 fully saturated rings. The molecule has 0 saturated carbocycles. The molecule has 0 amide bonds. The van der Waals surface area contributed by atoms with E-state index in [0.717, 1.165) is 5.56 Å². The van der Waals surface area contributed by atoms with Crippen LogP contribution in [0.4, 0.5) is 29.5 Å². The van der Waals surface area contributed by atoms with Gasteiger partial charge in [0.05, 0.1) is 19.4 Å². The summed E-state index contributed by atoms with van der Waals surface area (Å²) in [5.74, 6) is 1.24. The molecule has 1 aliphatic rings. The highest BCUT2D eigenvalue weighted by Gasteiger charge is 2.31. The van der Waals surface area contributed by atoms with Gasteiger partial charge in [-0.1, -0.05) is 23.6 Å². The van der Waals surface area contributed by atoms with Crippen molar-refractivity contribution < 1.29 is 31.8 Å². The summed E-state index contributed by atoms with van der Waals surface area (Å²) in [4.78, 5) is 15.5. The molecule has 1 unspecified atom stereocenters. The van der Waals surface area contributed by atoms with E-state index in [2.05, 4.69) is 34.7 Å². The molecule has 2 heterocycles. The third-order valence-electron chi connectivity index (χ3n) is 5.62. The largest absolute Gasteiger partial charge is 0.573 e. The number of anilines is 2. The molecule has 1 saturated heterocycles. The van der Waals surface area contributed by atoms with Gasteiger partial charge in [-0.3, -0.25) is 0 Å². The van der Waals surface area contributed by atoms with Gasteiger partial charge in [0.15, 0.2) is 0 Å². The lowest BCUT2D eigenvalue weighted by Crippen LogP contribution is -2.37. The number of halogens is 5. The zero-order valence-corrected chi connectivity index (χ0v) is 23.7. The normalized spacial score (nSPS) is 15.6. The summed E-state index contributed by atoms with van der Waals surface area (Å²) in [5, 5.41) is 4.12. The van der Waals surface area contributed by atoms with E-state index in [-0.39, 0.29) is 18.1 Å². The number of nitrogens with zero attached hydrogens (tertiary/aromatic N) is 5. The number of alkyl halides is 5. The van der Waals surface area contributed by atoms with Crippen LogP contribution >= 0.6 is 20.7 Å². The number of rotatable bonds is 11. The number of hydrogen-bond acceptors (Lipinski definition) is 9. The molecule has 0 radical (unpaired) electrons. The number of aromatic nitrogens is 3. The van der Waals surface area contributed by atoms with Crippen LogP contribution in [0.15, 0.2) is 53.6 Å². The molecule has 0 spiro atoms. The van der Waals surface area contributed by atoms with Crippen LogP contribution in [0.3, 0.4) is 0 Å². The monoisotopic (exact) mass is 674 g/mol. The average Bonchev–Trinajstić information content (AvgIpc) is 2.94. The molecule has 0 aliphatic carbocycles. The number of hydrogen-bond donors (Lipinski definition) is 1. The lowest BCUT2D eigenvalue weighted by molar-refractivity contribution is -0.274. The quantitative estimate of drug-likeness (QED) is 0.0944. The predicted molar refractivity (Wildman–Crippen MR) is 152 cm³/mol. The Kier molecular flexibility index (Phi) is 9.84. The van der Waals surface area contributed by atoms with Gasteiger partial charge in [0.2, 0.25) is 11.9 Å². The molecule has 3 aromatic rings. The van der Waals surface area contributed by atoms with Crippen molar-refractivity contribution in [3.63, 3.8) is 0 Å². The molecule has 9 nitrogen and oxygen atoms in total. The Balaban J connectivity index is 1.48. The lowest BCUT2D eigenvalue weighted by atomic mass is 10.1. The molecule has 40 heavy (non-hydrogen) atoms. The first-order valence-corrected chi connectivity index (χ1v) is 14.8. The molecule has 4 rings (SSSR count). The second-order valence-electron chi connectivity index (χ2n) is 8.51. The topological polar surface area (TPSA) is 94.0 Å². The minimum atomic E-state index is -4.76. The molecule has 14 heteroatoms. The second-order valence-corrected chi connectivity index (χ2v) is 10.9. The van der Waals surface area contributed by atoms with E-state index < -0.39 is 31.0 Å². The van der Waals surface area contributed by atoms with Gasteiger partial charge in [-0.2, -0.15) is 24.4 Å². The number of ether oxygens (including phenoxy) is 3. The van der Waals surface area contributed by atoms with Crippen molar-refractivity contribution in [3.8, 4) is 11.5 Å². The van der Waals surface area contributed by atoms with E-state index in [1.807, 2.05) is 17.0 Å². The van der Waals surface area contributed by atoms with Crippen LogP contribution in [0.25, 0.3) is 0 Å². The second kappa shape index (κ2) is 13.3. The van der Waals surface area contributed by atoms with Crippen LogP contribution in [0.5, 0.6) is 11.5 Å². The first kappa shape index (κ1) is 29.6. The highest BCUT2D eigenvalue weighted by atomic mass is 127. The fraction of sp³-hybridized carbons (Fsp3) is 0.346. The molecular formula is C26H27F4IN6O3. The summed E-state index contributed by atoms with van der Waals surface area (Å²) >= 11 is -1.00. The lowest BCUT2D eigenvalue weighted by Gasteiger charge is -2.27. The van der Waals surface area contributed by atoms with Crippen molar-refractivity contribution in [1.82, 2.24) is 15.0 Å². The standard InChI is InChI=1S/C26H27F4IN6O3/c1-3-25(27,31-2)39-20-8-4-18(5-9-20)16-22-33-23(35-24(34-22)37-12-14-38-15-13-37)36-32-17-19-6-10-21(11-7-19)40-26(28,29)30/h4-11,17H,2-3,12-16H2,1H3,(H,33,34,35,36)/b32-17+. The summed E-state index contributed by atoms with van der Waals surface area (Å²) in [6.45, 7) is 4.04. The third-order valence-corrected chi connectivity index (χ3v) is 7.74. The van der Waals surface area contributed by atoms with Crippen LogP contribution in [-0.4, -0.2) is 62.2 Å². The highest BCUT2D eigenvalue weighted by molar-refractivity contribution is 14.2. The van der Waals surface area contributed by atoms with Gasteiger partial charge in [0.25, 0.3) is 3.86 Å². The van der Waals surface area contributed by atoms with Crippen molar-refractivity contribution in [2.45, 2.75) is 30.0 Å². The van der Waals surface area contributed by atoms with Gasteiger partial charge < -0.3 is 19.1 Å². The zero-order valence-electron chi connectivity index (χ0n) is 21.5. The Labute approximate surface area is 238 Å². The van der Waals surface area contributed by atoms with Gasteiger partial charge >= 0.3 is 6.36 Å². The van der Waals surface area contributed by atoms with Gasteiger partial charge in [-0.15, -0.1) is 13.2 Å². The SMILES string of the molecule is C=IC(F)(CC)Oc1ccc(Cc2nc(N/N=C/c3ccc(OC(F)(F)F)cc3)nc(N3CCOCC3)n2)cc1. The van der Waals surface area contributed by atoms with Gasteiger partial charge in [-0.05, 0) is 68.3 Å². The van der Waals surface area contributed by atoms with E-state index >= 15 is 0 Å². The number of hydrazone groups is 1. The third kappa shape index (κ3) is 8.81. The molecule has 1 N–H and O–H groups in total. The van der Waals surface area contributed by atoms with Crippen molar-refractivity contribution in [2.24, 2.45) is 5.10 Å². The van der Waals surface area contributed by atoms with Crippen LogP contribution in [0.1, 0.15) is 30.3 Å². The summed E-state index contributed by atoms with van der Waals surface area (Å²) in [7, 11) is 0. The Morgan fingerprint density at radius 1 is 1.00 bits per heavy atom. The molecule has 1 aromatic heterocycles. The van der Waals surface area contributed by atoms with Crippen LogP contribution in [0.2, 0.25) is 0 Å². The highest BCUT2D eigenvalue weighted by Crippen LogP contribution is 2.32. The van der Waals surface area contributed by atoms with Crippen LogP contribution in [-0.2, 0) is 11.2 Å². The Morgan fingerprint density at radius 3 is 2.27 bits per heavy atom.